The van der Waals surface area contributed by atoms with Gasteiger partial charge in [-0.1, -0.05) is 18.2 Å². The molecule has 0 bridgehead atoms. The van der Waals surface area contributed by atoms with E-state index in [4.69, 9.17) is 9.15 Å². The third kappa shape index (κ3) is 2.45. The Morgan fingerprint density at radius 3 is 2.88 bits per heavy atom. The number of carbonyl (C=O) groups excluding carboxylic acids is 2. The molecule has 0 radical (unpaired) electrons. The summed E-state index contributed by atoms with van der Waals surface area (Å²) >= 11 is 0. The van der Waals surface area contributed by atoms with Gasteiger partial charge in [0.05, 0.1) is 11.1 Å². The Labute approximate surface area is 135 Å². The van der Waals surface area contributed by atoms with Crippen LogP contribution in [0, 0.1) is 0 Å². The molecular weight excluding hydrogens is 312 g/mol. The van der Waals surface area contributed by atoms with Crippen molar-refractivity contribution in [2.24, 2.45) is 0 Å². The van der Waals surface area contributed by atoms with Crippen LogP contribution in [-0.2, 0) is 16.0 Å². The summed E-state index contributed by atoms with van der Waals surface area (Å²) in [5.74, 6) is -1.50. The first kappa shape index (κ1) is 14.3. The van der Waals surface area contributed by atoms with Crippen LogP contribution in [0.1, 0.15) is 15.9 Å². The van der Waals surface area contributed by atoms with Crippen LogP contribution in [0.5, 0.6) is 0 Å². The van der Waals surface area contributed by atoms with Crippen molar-refractivity contribution in [2.45, 2.75) is 12.5 Å². The number of hydrogen-bond donors (Lipinski definition) is 2. The van der Waals surface area contributed by atoms with Gasteiger partial charge in [-0.15, -0.1) is 0 Å². The molecule has 2 N–H and O–H groups in total. The number of hydrogen-bond acceptors (Lipinski definition) is 5. The number of H-pyrrole nitrogens is 1. The SMILES string of the molecule is O=C1OC(C(=O)Nc2ccc3oc(=O)[nH]c3c2)Cc2ccccc21. The van der Waals surface area contributed by atoms with Gasteiger partial charge in [0, 0.05) is 12.1 Å². The van der Waals surface area contributed by atoms with Gasteiger partial charge in [0.25, 0.3) is 5.91 Å². The lowest BCUT2D eigenvalue weighted by atomic mass is 9.98. The maximum absolute atomic E-state index is 12.4. The normalized spacial score (nSPS) is 16.5. The van der Waals surface area contributed by atoms with E-state index in [2.05, 4.69) is 10.3 Å². The molecule has 7 nitrogen and oxygen atoms in total. The number of cyclic esters (lactones) is 1. The number of nitrogens with one attached hydrogen (secondary N) is 2. The monoisotopic (exact) mass is 324 g/mol. The predicted octanol–water partition coefficient (Wildman–Crippen LogP) is 1.84. The quantitative estimate of drug-likeness (QED) is 0.700. The van der Waals surface area contributed by atoms with Crippen molar-refractivity contribution in [2.75, 3.05) is 5.32 Å². The minimum Gasteiger partial charge on any atom is -0.448 e. The molecule has 2 heterocycles. The van der Waals surface area contributed by atoms with Crippen molar-refractivity contribution in [1.82, 2.24) is 4.98 Å². The summed E-state index contributed by atoms with van der Waals surface area (Å²) in [7, 11) is 0. The summed E-state index contributed by atoms with van der Waals surface area (Å²) in [5, 5.41) is 2.68. The molecule has 1 aliphatic heterocycles. The van der Waals surface area contributed by atoms with Crippen LogP contribution < -0.4 is 11.1 Å². The van der Waals surface area contributed by atoms with Crippen LogP contribution >= 0.6 is 0 Å². The molecule has 24 heavy (non-hydrogen) atoms. The molecule has 1 aliphatic rings. The lowest BCUT2D eigenvalue weighted by molar-refractivity contribution is -0.125. The first-order valence-electron chi connectivity index (χ1n) is 7.33. The van der Waals surface area contributed by atoms with E-state index in [0.717, 1.165) is 5.56 Å². The highest BCUT2D eigenvalue weighted by atomic mass is 16.5. The van der Waals surface area contributed by atoms with Crippen molar-refractivity contribution in [3.8, 4) is 0 Å². The number of anilines is 1. The second-order valence-corrected chi connectivity index (χ2v) is 5.47. The van der Waals surface area contributed by atoms with Crippen LogP contribution in [0.25, 0.3) is 11.1 Å². The van der Waals surface area contributed by atoms with E-state index in [1.165, 1.54) is 0 Å². The molecule has 0 aliphatic carbocycles. The average molecular weight is 324 g/mol. The largest absolute Gasteiger partial charge is 0.448 e. The molecule has 4 rings (SSSR count). The summed E-state index contributed by atoms with van der Waals surface area (Å²) in [6.07, 6.45) is -0.579. The summed E-state index contributed by atoms with van der Waals surface area (Å²) < 4.78 is 10.1. The van der Waals surface area contributed by atoms with Crippen LogP contribution in [0.2, 0.25) is 0 Å². The van der Waals surface area contributed by atoms with Crippen LogP contribution in [0.15, 0.2) is 51.7 Å². The van der Waals surface area contributed by atoms with Crippen molar-refractivity contribution in [3.63, 3.8) is 0 Å². The molecular formula is C17H12N2O5. The van der Waals surface area contributed by atoms with Crippen molar-refractivity contribution in [1.29, 1.82) is 0 Å². The number of rotatable bonds is 2. The van der Waals surface area contributed by atoms with Crippen LogP contribution in [0.3, 0.4) is 0 Å². The van der Waals surface area contributed by atoms with E-state index >= 15 is 0 Å². The van der Waals surface area contributed by atoms with Gasteiger partial charge in [-0.25, -0.2) is 9.59 Å². The number of aromatic amines is 1. The van der Waals surface area contributed by atoms with E-state index in [-0.39, 0.29) is 0 Å². The Kier molecular flexibility index (Phi) is 3.19. The van der Waals surface area contributed by atoms with Gasteiger partial charge in [-0.05, 0) is 29.8 Å². The third-order valence-corrected chi connectivity index (χ3v) is 3.87. The van der Waals surface area contributed by atoms with Gasteiger partial charge in [-0.2, -0.15) is 0 Å². The maximum Gasteiger partial charge on any atom is 0.417 e. The van der Waals surface area contributed by atoms with E-state index in [1.807, 2.05) is 6.07 Å². The Morgan fingerprint density at radius 2 is 2.00 bits per heavy atom. The minimum atomic E-state index is -0.897. The molecule has 120 valence electrons. The zero-order valence-corrected chi connectivity index (χ0v) is 12.4. The van der Waals surface area contributed by atoms with Gasteiger partial charge < -0.3 is 14.5 Å². The third-order valence-electron chi connectivity index (χ3n) is 3.87. The van der Waals surface area contributed by atoms with Gasteiger partial charge >= 0.3 is 11.7 Å². The molecule has 2 aromatic carbocycles. The number of carbonyl (C=O) groups is 2. The Balaban J connectivity index is 1.55. The summed E-state index contributed by atoms with van der Waals surface area (Å²) in [5.41, 5.74) is 2.61. The minimum absolute atomic E-state index is 0.318. The number of fused-ring (bicyclic) bond motifs is 2. The van der Waals surface area contributed by atoms with Crippen LogP contribution in [0.4, 0.5) is 5.69 Å². The summed E-state index contributed by atoms with van der Waals surface area (Å²) in [6, 6.07) is 11.8. The molecule has 3 aromatic rings. The molecule has 7 heteroatoms. The number of oxazole rings is 1. The molecule has 0 saturated carbocycles. The fourth-order valence-electron chi connectivity index (χ4n) is 2.73. The number of esters is 1. The Hall–Kier alpha value is -3.35. The Bertz CT molecular complexity index is 1020. The smallest absolute Gasteiger partial charge is 0.417 e. The molecule has 1 amide bonds. The lowest BCUT2D eigenvalue weighted by Crippen LogP contribution is -2.37. The van der Waals surface area contributed by atoms with E-state index in [0.29, 0.717) is 28.8 Å². The fraction of sp³-hybridized carbons (Fsp3) is 0.118. The van der Waals surface area contributed by atoms with Gasteiger partial charge in [0.1, 0.15) is 0 Å². The number of amides is 1. The van der Waals surface area contributed by atoms with Gasteiger partial charge in [0.15, 0.2) is 11.7 Å². The first-order valence-corrected chi connectivity index (χ1v) is 7.33. The standard InChI is InChI=1S/C17H12N2O5/c20-15(14-7-9-3-1-2-4-11(9)16(21)23-14)18-10-5-6-13-12(8-10)19-17(22)24-13/h1-6,8,14H,7H2,(H,18,20)(H,19,22). The highest BCUT2D eigenvalue weighted by Crippen LogP contribution is 2.22. The maximum atomic E-state index is 12.4. The van der Waals surface area contributed by atoms with Crippen molar-refractivity contribution in [3.05, 3.63) is 64.1 Å². The zero-order valence-electron chi connectivity index (χ0n) is 12.4. The van der Waals surface area contributed by atoms with Gasteiger partial charge in [-0.3, -0.25) is 9.78 Å². The summed E-state index contributed by atoms with van der Waals surface area (Å²) in [4.78, 5) is 38.0. The molecule has 0 spiro atoms. The highest BCUT2D eigenvalue weighted by molar-refractivity contribution is 6.00. The molecule has 1 aromatic heterocycles. The van der Waals surface area contributed by atoms with E-state index in [1.54, 1.807) is 36.4 Å². The van der Waals surface area contributed by atoms with Crippen molar-refractivity contribution < 1.29 is 18.7 Å². The first-order chi connectivity index (χ1) is 11.6. The number of ether oxygens (including phenoxy) is 1. The number of aromatic nitrogens is 1. The highest BCUT2D eigenvalue weighted by Gasteiger charge is 2.31. The fourth-order valence-corrected chi connectivity index (χ4v) is 2.73. The average Bonchev–Trinajstić information content (AvgIpc) is 2.94. The number of benzene rings is 2. The molecule has 0 fully saturated rings. The second kappa shape index (κ2) is 5.38. The van der Waals surface area contributed by atoms with E-state index in [9.17, 15) is 14.4 Å². The molecule has 1 unspecified atom stereocenters. The molecule has 0 saturated heterocycles. The van der Waals surface area contributed by atoms with Gasteiger partial charge in [0.2, 0.25) is 0 Å². The lowest BCUT2D eigenvalue weighted by Gasteiger charge is -2.23. The second-order valence-electron chi connectivity index (χ2n) is 5.47. The zero-order chi connectivity index (χ0) is 16.7. The van der Waals surface area contributed by atoms with E-state index < -0.39 is 23.7 Å². The molecule has 1 atom stereocenters. The Morgan fingerprint density at radius 1 is 1.17 bits per heavy atom. The topological polar surface area (TPSA) is 101 Å². The van der Waals surface area contributed by atoms with Crippen LogP contribution in [-0.4, -0.2) is 23.0 Å². The van der Waals surface area contributed by atoms with Crippen molar-refractivity contribution >= 4 is 28.7 Å². The summed E-state index contributed by atoms with van der Waals surface area (Å²) in [6.45, 7) is 0. The predicted molar refractivity (Wildman–Crippen MR) is 84.8 cm³/mol.